The van der Waals surface area contributed by atoms with E-state index in [1.807, 2.05) is 11.0 Å². The number of carbonyl (C=O) groups excluding carboxylic acids is 1. The maximum absolute atomic E-state index is 13.6. The fourth-order valence-electron chi connectivity index (χ4n) is 3.49. The van der Waals surface area contributed by atoms with Crippen molar-refractivity contribution in [2.24, 2.45) is 10.7 Å². The Hall–Kier alpha value is -2.97. The number of nitrogens with one attached hydrogen (secondary N) is 2. The van der Waals surface area contributed by atoms with Gasteiger partial charge < -0.3 is 16.0 Å². The first-order chi connectivity index (χ1) is 13.1. The minimum Gasteiger partial charge on any atom is -0.404 e. The van der Waals surface area contributed by atoms with E-state index in [1.54, 1.807) is 12.4 Å². The van der Waals surface area contributed by atoms with Crippen LogP contribution in [0.4, 0.5) is 10.2 Å². The SMILES string of the molecule is NC=C(C=NC1CCNC(=O)C1)c1cnc2[nH]nc(N3CCC(F)C3)c2c1. The number of aliphatic imine (C=N–C) groups is 1. The van der Waals surface area contributed by atoms with Gasteiger partial charge >= 0.3 is 0 Å². The molecule has 9 heteroatoms. The molecule has 2 aliphatic rings. The maximum atomic E-state index is 13.6. The highest BCUT2D eigenvalue weighted by atomic mass is 19.1. The maximum Gasteiger partial charge on any atom is 0.222 e. The molecule has 1 amide bonds. The van der Waals surface area contributed by atoms with Crippen molar-refractivity contribution in [2.45, 2.75) is 31.5 Å². The molecule has 8 nitrogen and oxygen atoms in total. The molecule has 0 spiro atoms. The third kappa shape index (κ3) is 3.62. The molecule has 2 aromatic heterocycles. The Morgan fingerprint density at radius 2 is 2.33 bits per heavy atom. The van der Waals surface area contributed by atoms with Crippen LogP contribution in [0.3, 0.4) is 0 Å². The molecule has 2 aromatic rings. The summed E-state index contributed by atoms with van der Waals surface area (Å²) in [6, 6.07) is 1.89. The van der Waals surface area contributed by atoms with Crippen molar-refractivity contribution in [1.82, 2.24) is 20.5 Å². The van der Waals surface area contributed by atoms with Crippen LogP contribution in [0.2, 0.25) is 0 Å². The molecule has 2 atom stereocenters. The predicted octanol–water partition coefficient (Wildman–Crippen LogP) is 1.16. The second-order valence-corrected chi connectivity index (χ2v) is 6.90. The van der Waals surface area contributed by atoms with Gasteiger partial charge in [0.2, 0.25) is 5.91 Å². The van der Waals surface area contributed by atoms with Crippen molar-refractivity contribution < 1.29 is 9.18 Å². The van der Waals surface area contributed by atoms with E-state index in [-0.39, 0.29) is 11.9 Å². The normalized spacial score (nSPS) is 24.1. The van der Waals surface area contributed by atoms with Crippen molar-refractivity contribution in [1.29, 1.82) is 0 Å². The lowest BCUT2D eigenvalue weighted by molar-refractivity contribution is -0.122. The number of carbonyl (C=O) groups is 1. The molecule has 0 bridgehead atoms. The van der Waals surface area contributed by atoms with Crippen LogP contribution in [0.25, 0.3) is 16.6 Å². The molecule has 4 rings (SSSR count). The number of allylic oxidation sites excluding steroid dienone is 1. The van der Waals surface area contributed by atoms with Crippen molar-refractivity contribution in [3.63, 3.8) is 0 Å². The summed E-state index contributed by atoms with van der Waals surface area (Å²) in [5, 5.41) is 10.8. The van der Waals surface area contributed by atoms with E-state index in [4.69, 9.17) is 5.73 Å². The van der Waals surface area contributed by atoms with Gasteiger partial charge in [-0.05, 0) is 18.9 Å². The lowest BCUT2D eigenvalue weighted by Gasteiger charge is -2.18. The number of rotatable bonds is 4. The van der Waals surface area contributed by atoms with E-state index in [0.717, 1.165) is 17.4 Å². The molecule has 2 aliphatic heterocycles. The Balaban J connectivity index is 1.59. The van der Waals surface area contributed by atoms with Crippen molar-refractivity contribution >= 4 is 34.5 Å². The molecule has 4 heterocycles. The first kappa shape index (κ1) is 17.4. The number of amides is 1. The van der Waals surface area contributed by atoms with Gasteiger partial charge in [0.05, 0.1) is 18.0 Å². The van der Waals surface area contributed by atoms with Gasteiger partial charge in [-0.1, -0.05) is 0 Å². The largest absolute Gasteiger partial charge is 0.404 e. The van der Waals surface area contributed by atoms with Crippen LogP contribution in [0.5, 0.6) is 0 Å². The number of H-pyrrole nitrogens is 1. The lowest BCUT2D eigenvalue weighted by atomic mass is 10.1. The van der Waals surface area contributed by atoms with Crippen LogP contribution in [0.15, 0.2) is 23.5 Å². The minimum atomic E-state index is -0.827. The standard InChI is InChI=1S/C18H22FN7O/c19-13-2-4-26(10-13)18-15-5-11(8-23-17(15)24-25-18)12(7-20)9-22-14-1-3-21-16(27)6-14/h5,7-9,13-14H,1-4,6,10,20H2,(H,21,27)(H,23,24,25). The molecular weight excluding hydrogens is 349 g/mol. The highest BCUT2D eigenvalue weighted by molar-refractivity contribution is 6.10. The van der Waals surface area contributed by atoms with Gasteiger partial charge in [0.15, 0.2) is 11.5 Å². The van der Waals surface area contributed by atoms with E-state index < -0.39 is 6.17 Å². The number of hydrogen-bond donors (Lipinski definition) is 3. The number of hydrogen-bond acceptors (Lipinski definition) is 6. The van der Waals surface area contributed by atoms with E-state index in [9.17, 15) is 9.18 Å². The number of nitrogens with zero attached hydrogens (tertiary/aromatic N) is 4. The smallest absolute Gasteiger partial charge is 0.222 e. The summed E-state index contributed by atoms with van der Waals surface area (Å²) in [7, 11) is 0. The van der Waals surface area contributed by atoms with Crippen molar-refractivity contribution in [3.05, 3.63) is 24.0 Å². The number of piperidine rings is 1. The van der Waals surface area contributed by atoms with Gasteiger partial charge in [0, 0.05) is 49.3 Å². The number of halogens is 1. The summed E-state index contributed by atoms with van der Waals surface area (Å²) < 4.78 is 13.6. The van der Waals surface area contributed by atoms with Crippen LogP contribution in [-0.4, -0.2) is 59.2 Å². The molecule has 27 heavy (non-hydrogen) atoms. The fourth-order valence-corrected chi connectivity index (χ4v) is 3.49. The predicted molar refractivity (Wildman–Crippen MR) is 102 cm³/mol. The minimum absolute atomic E-state index is 0.0181. The molecule has 2 unspecified atom stereocenters. The van der Waals surface area contributed by atoms with E-state index in [2.05, 4.69) is 25.5 Å². The third-order valence-corrected chi connectivity index (χ3v) is 4.98. The molecule has 142 valence electrons. The Morgan fingerprint density at radius 3 is 3.07 bits per heavy atom. The summed E-state index contributed by atoms with van der Waals surface area (Å²) in [4.78, 5) is 22.3. The van der Waals surface area contributed by atoms with Gasteiger partial charge in [-0.15, -0.1) is 0 Å². The topological polar surface area (TPSA) is 112 Å². The van der Waals surface area contributed by atoms with Crippen LogP contribution >= 0.6 is 0 Å². The number of aromatic amines is 1. The highest BCUT2D eigenvalue weighted by Gasteiger charge is 2.25. The third-order valence-electron chi connectivity index (χ3n) is 4.98. The van der Waals surface area contributed by atoms with Crippen LogP contribution in [0.1, 0.15) is 24.8 Å². The van der Waals surface area contributed by atoms with E-state index in [1.165, 1.54) is 6.20 Å². The molecule has 0 aliphatic carbocycles. The summed E-state index contributed by atoms with van der Waals surface area (Å²) in [5.74, 6) is 0.723. The van der Waals surface area contributed by atoms with Gasteiger partial charge in [-0.3, -0.25) is 14.9 Å². The summed E-state index contributed by atoms with van der Waals surface area (Å²) in [5.41, 5.74) is 7.96. The average molecular weight is 371 g/mol. The fraction of sp³-hybridized carbons (Fsp3) is 0.444. The first-order valence-corrected chi connectivity index (χ1v) is 9.09. The number of alkyl halides is 1. The average Bonchev–Trinajstić information content (AvgIpc) is 3.28. The second-order valence-electron chi connectivity index (χ2n) is 6.90. The summed E-state index contributed by atoms with van der Waals surface area (Å²) in [6.45, 7) is 1.62. The number of pyridine rings is 1. The number of aromatic nitrogens is 3. The molecule has 2 fully saturated rings. The Labute approximate surface area is 155 Å². The summed E-state index contributed by atoms with van der Waals surface area (Å²) >= 11 is 0. The number of anilines is 1. The Morgan fingerprint density at radius 1 is 1.44 bits per heavy atom. The van der Waals surface area contributed by atoms with Gasteiger partial charge in [0.25, 0.3) is 0 Å². The monoisotopic (exact) mass is 371 g/mol. The van der Waals surface area contributed by atoms with Crippen molar-refractivity contribution in [2.75, 3.05) is 24.5 Å². The molecule has 2 saturated heterocycles. The Kier molecular flexibility index (Phi) is 4.74. The number of fused-ring (bicyclic) bond motifs is 1. The molecular formula is C18H22FN7O. The number of nitrogens with two attached hydrogens (primary N) is 1. The van der Waals surface area contributed by atoms with E-state index in [0.29, 0.717) is 49.5 Å². The molecule has 0 saturated carbocycles. The first-order valence-electron chi connectivity index (χ1n) is 9.09. The van der Waals surface area contributed by atoms with Gasteiger partial charge in [0.1, 0.15) is 6.17 Å². The van der Waals surface area contributed by atoms with Crippen LogP contribution in [0, 0.1) is 0 Å². The van der Waals surface area contributed by atoms with Gasteiger partial charge in [-0.2, -0.15) is 5.10 Å². The zero-order valence-electron chi connectivity index (χ0n) is 14.9. The lowest BCUT2D eigenvalue weighted by Crippen LogP contribution is -2.35. The zero-order chi connectivity index (χ0) is 18.8. The highest BCUT2D eigenvalue weighted by Crippen LogP contribution is 2.28. The molecule has 4 N–H and O–H groups in total. The van der Waals surface area contributed by atoms with Crippen LogP contribution < -0.4 is 16.0 Å². The van der Waals surface area contributed by atoms with E-state index >= 15 is 0 Å². The second kappa shape index (κ2) is 7.34. The van der Waals surface area contributed by atoms with Crippen LogP contribution in [-0.2, 0) is 4.79 Å². The summed E-state index contributed by atoms with van der Waals surface area (Å²) in [6.07, 6.45) is 5.75. The quantitative estimate of drug-likeness (QED) is 0.698. The zero-order valence-corrected chi connectivity index (χ0v) is 14.9. The molecule has 0 aromatic carbocycles. The molecule has 0 radical (unpaired) electrons. The Bertz CT molecular complexity index is 906. The van der Waals surface area contributed by atoms with Gasteiger partial charge in [-0.25, -0.2) is 9.37 Å². The van der Waals surface area contributed by atoms with Crippen molar-refractivity contribution in [3.8, 4) is 0 Å².